The average Bonchev–Trinajstić information content (AvgIpc) is 2.76. The summed E-state index contributed by atoms with van der Waals surface area (Å²) in [6.45, 7) is 8.66. The van der Waals surface area contributed by atoms with E-state index >= 15 is 0 Å². The van der Waals surface area contributed by atoms with Gasteiger partial charge < -0.3 is 15.1 Å². The molecule has 1 aromatic carbocycles. The summed E-state index contributed by atoms with van der Waals surface area (Å²) in [5.74, 6) is 1.34. The minimum Gasteiger partial charge on any atom is -0.355 e. The van der Waals surface area contributed by atoms with E-state index in [4.69, 9.17) is 11.6 Å². The van der Waals surface area contributed by atoms with Crippen LogP contribution in [0, 0.1) is 5.92 Å². The van der Waals surface area contributed by atoms with Crippen molar-refractivity contribution in [1.82, 2.24) is 20.2 Å². The molecular weight excluding hydrogens is 434 g/mol. The van der Waals surface area contributed by atoms with Crippen molar-refractivity contribution < 1.29 is 9.59 Å². The molecule has 1 aromatic heterocycles. The number of aromatic nitrogens is 2. The first kappa shape index (κ1) is 23.3. The number of nitrogens with one attached hydrogen (secondary N) is 1. The molecule has 2 heterocycles. The largest absolute Gasteiger partial charge is 0.355 e. The van der Waals surface area contributed by atoms with Gasteiger partial charge in [0.25, 0.3) is 5.91 Å². The Bertz CT molecular complexity index is 912. The summed E-state index contributed by atoms with van der Waals surface area (Å²) < 4.78 is 0. The van der Waals surface area contributed by atoms with Crippen molar-refractivity contribution in [3.8, 4) is 0 Å². The van der Waals surface area contributed by atoms with Gasteiger partial charge in [-0.2, -0.15) is 0 Å². The number of rotatable bonds is 7. The smallest absolute Gasteiger partial charge is 0.254 e. The number of thioether (sulfide) groups is 1. The second-order valence-corrected chi connectivity index (χ2v) is 9.31. The van der Waals surface area contributed by atoms with Gasteiger partial charge in [0.2, 0.25) is 5.91 Å². The highest BCUT2D eigenvalue weighted by molar-refractivity contribution is 7.99. The van der Waals surface area contributed by atoms with E-state index in [0.717, 1.165) is 0 Å². The molecule has 1 aliphatic heterocycles. The van der Waals surface area contributed by atoms with E-state index in [1.807, 2.05) is 56.0 Å². The Labute approximate surface area is 192 Å². The predicted molar refractivity (Wildman–Crippen MR) is 125 cm³/mol. The third kappa shape index (κ3) is 6.58. The first-order valence-electron chi connectivity index (χ1n) is 10.4. The van der Waals surface area contributed by atoms with Gasteiger partial charge in [-0.05, 0) is 25.0 Å². The van der Waals surface area contributed by atoms with Gasteiger partial charge in [-0.3, -0.25) is 9.59 Å². The molecule has 9 heteroatoms. The van der Waals surface area contributed by atoms with Gasteiger partial charge in [0, 0.05) is 43.9 Å². The van der Waals surface area contributed by atoms with E-state index < -0.39 is 0 Å². The van der Waals surface area contributed by atoms with Gasteiger partial charge in [0.15, 0.2) is 5.16 Å². The molecule has 2 amide bonds. The van der Waals surface area contributed by atoms with E-state index in [9.17, 15) is 9.59 Å². The fourth-order valence-corrected chi connectivity index (χ4v) is 4.24. The van der Waals surface area contributed by atoms with Crippen LogP contribution in [-0.2, 0) is 4.79 Å². The average molecular weight is 462 g/mol. The molecule has 0 spiro atoms. The summed E-state index contributed by atoms with van der Waals surface area (Å²) in [4.78, 5) is 37.6. The van der Waals surface area contributed by atoms with E-state index in [0.29, 0.717) is 53.8 Å². The van der Waals surface area contributed by atoms with Crippen LogP contribution in [-0.4, -0.2) is 64.7 Å². The molecule has 2 aromatic rings. The zero-order valence-corrected chi connectivity index (χ0v) is 19.6. The Morgan fingerprint density at radius 2 is 1.97 bits per heavy atom. The van der Waals surface area contributed by atoms with Crippen LogP contribution in [0.3, 0.4) is 0 Å². The molecule has 1 fully saturated rings. The van der Waals surface area contributed by atoms with E-state index in [1.165, 1.54) is 11.8 Å². The summed E-state index contributed by atoms with van der Waals surface area (Å²) in [5.41, 5.74) is 0.697. The normalized spacial score (nSPS) is 16.5. The minimum absolute atomic E-state index is 0.0214. The number of anilines is 1. The molecule has 1 atom stereocenters. The number of halogens is 1. The molecule has 1 unspecified atom stereocenters. The third-order valence-corrected chi connectivity index (χ3v) is 5.97. The number of benzene rings is 1. The standard InChI is InChI=1S/C22H28ClN5O2S/c1-15(2)12-24-20(29)14-31-22-25-18(23)11-19(26-22)27-9-10-28(16(3)13-27)21(30)17-7-5-4-6-8-17/h4-8,11,15-16H,9-10,12-14H2,1-3H3,(H,24,29). The molecule has 1 saturated heterocycles. The van der Waals surface area contributed by atoms with Gasteiger partial charge in [-0.1, -0.05) is 55.4 Å². The Kier molecular flexibility index (Phi) is 8.15. The molecule has 0 bridgehead atoms. The summed E-state index contributed by atoms with van der Waals surface area (Å²) in [6.07, 6.45) is 0. The lowest BCUT2D eigenvalue weighted by molar-refractivity contribution is -0.118. The fraction of sp³-hybridized carbons (Fsp3) is 0.455. The SMILES string of the molecule is CC(C)CNC(=O)CSc1nc(Cl)cc(N2CCN(C(=O)c3ccccc3)C(C)C2)n1. The van der Waals surface area contributed by atoms with Gasteiger partial charge in [-0.15, -0.1) is 0 Å². The summed E-state index contributed by atoms with van der Waals surface area (Å²) in [6, 6.07) is 11.1. The maximum Gasteiger partial charge on any atom is 0.254 e. The number of carbonyl (C=O) groups is 2. The van der Waals surface area contributed by atoms with Crippen LogP contribution in [0.25, 0.3) is 0 Å². The van der Waals surface area contributed by atoms with Crippen molar-refractivity contribution in [2.75, 3.05) is 36.8 Å². The summed E-state index contributed by atoms with van der Waals surface area (Å²) in [5, 5.41) is 3.69. The van der Waals surface area contributed by atoms with Gasteiger partial charge in [0.05, 0.1) is 5.75 Å². The van der Waals surface area contributed by atoms with Crippen molar-refractivity contribution in [3.63, 3.8) is 0 Å². The molecule has 166 valence electrons. The molecule has 0 radical (unpaired) electrons. The highest BCUT2D eigenvalue weighted by atomic mass is 35.5. The first-order chi connectivity index (χ1) is 14.8. The highest BCUT2D eigenvalue weighted by Crippen LogP contribution is 2.24. The van der Waals surface area contributed by atoms with Crippen LogP contribution in [0.15, 0.2) is 41.6 Å². The second-order valence-electron chi connectivity index (χ2n) is 7.98. The van der Waals surface area contributed by atoms with E-state index in [2.05, 4.69) is 20.2 Å². The minimum atomic E-state index is -0.0505. The number of carbonyl (C=O) groups excluding carboxylic acids is 2. The quantitative estimate of drug-likeness (QED) is 0.387. The number of hydrogen-bond donors (Lipinski definition) is 1. The van der Waals surface area contributed by atoms with Crippen LogP contribution in [0.4, 0.5) is 5.82 Å². The maximum absolute atomic E-state index is 12.8. The number of piperazine rings is 1. The van der Waals surface area contributed by atoms with Crippen molar-refractivity contribution in [3.05, 3.63) is 47.1 Å². The van der Waals surface area contributed by atoms with Crippen LogP contribution in [0.1, 0.15) is 31.1 Å². The van der Waals surface area contributed by atoms with Crippen LogP contribution < -0.4 is 10.2 Å². The fourth-order valence-electron chi connectivity index (χ4n) is 3.33. The van der Waals surface area contributed by atoms with E-state index in [-0.39, 0.29) is 23.6 Å². The highest BCUT2D eigenvalue weighted by Gasteiger charge is 2.29. The zero-order valence-electron chi connectivity index (χ0n) is 18.0. The lowest BCUT2D eigenvalue weighted by Gasteiger charge is -2.40. The van der Waals surface area contributed by atoms with Crippen LogP contribution >= 0.6 is 23.4 Å². The molecule has 0 aliphatic carbocycles. The number of hydrogen-bond acceptors (Lipinski definition) is 6. The first-order valence-corrected chi connectivity index (χ1v) is 11.7. The lowest BCUT2D eigenvalue weighted by Crippen LogP contribution is -2.54. The van der Waals surface area contributed by atoms with Crippen molar-refractivity contribution >= 4 is 41.0 Å². The van der Waals surface area contributed by atoms with Gasteiger partial charge in [-0.25, -0.2) is 9.97 Å². The topological polar surface area (TPSA) is 78.4 Å². The molecule has 31 heavy (non-hydrogen) atoms. The molecule has 7 nitrogen and oxygen atoms in total. The summed E-state index contributed by atoms with van der Waals surface area (Å²) >= 11 is 7.49. The van der Waals surface area contributed by atoms with Crippen molar-refractivity contribution in [2.45, 2.75) is 32.0 Å². The molecule has 1 N–H and O–H groups in total. The third-order valence-electron chi connectivity index (χ3n) is 4.93. The van der Waals surface area contributed by atoms with Crippen LogP contribution in [0.5, 0.6) is 0 Å². The Hall–Kier alpha value is -2.32. The lowest BCUT2D eigenvalue weighted by atomic mass is 10.1. The Morgan fingerprint density at radius 3 is 2.65 bits per heavy atom. The van der Waals surface area contributed by atoms with Crippen molar-refractivity contribution in [1.29, 1.82) is 0 Å². The molecule has 1 aliphatic rings. The monoisotopic (exact) mass is 461 g/mol. The van der Waals surface area contributed by atoms with Crippen molar-refractivity contribution in [2.24, 2.45) is 5.92 Å². The Morgan fingerprint density at radius 1 is 1.23 bits per heavy atom. The van der Waals surface area contributed by atoms with Crippen LogP contribution in [0.2, 0.25) is 5.15 Å². The van der Waals surface area contributed by atoms with Gasteiger partial charge >= 0.3 is 0 Å². The molecule has 0 saturated carbocycles. The summed E-state index contributed by atoms with van der Waals surface area (Å²) in [7, 11) is 0. The van der Waals surface area contributed by atoms with Gasteiger partial charge in [0.1, 0.15) is 11.0 Å². The number of amides is 2. The molecular formula is C22H28ClN5O2S. The Balaban J connectivity index is 1.62. The maximum atomic E-state index is 12.8. The van der Waals surface area contributed by atoms with E-state index in [1.54, 1.807) is 6.07 Å². The second kappa shape index (κ2) is 10.8. The zero-order chi connectivity index (χ0) is 22.4. The number of nitrogens with zero attached hydrogens (tertiary/aromatic N) is 4. The molecule has 3 rings (SSSR count). The predicted octanol–water partition coefficient (Wildman–Crippen LogP) is 3.35.